The molecule has 0 spiro atoms. The number of amides is 1. The number of carbonyl (C=O) groups is 1. The van der Waals surface area contributed by atoms with E-state index in [0.717, 1.165) is 11.3 Å². The molecule has 82 valence electrons. The summed E-state index contributed by atoms with van der Waals surface area (Å²) >= 11 is 5.99. The van der Waals surface area contributed by atoms with E-state index >= 15 is 0 Å². The van der Waals surface area contributed by atoms with Crippen molar-refractivity contribution in [2.24, 2.45) is 0 Å². The minimum Gasteiger partial charge on any atom is -0.492 e. The molecule has 1 N–H and O–H groups in total. The van der Waals surface area contributed by atoms with Crippen molar-refractivity contribution in [2.45, 2.75) is 20.8 Å². The molecular formula is C11H14ClNO2. The average Bonchev–Trinajstić information content (AvgIpc) is 2.13. The lowest BCUT2D eigenvalue weighted by molar-refractivity contribution is -0.114. The summed E-state index contributed by atoms with van der Waals surface area (Å²) < 4.78 is 5.33. The van der Waals surface area contributed by atoms with Crippen LogP contribution in [-0.4, -0.2) is 12.5 Å². The highest BCUT2D eigenvalue weighted by atomic mass is 35.5. The first kappa shape index (κ1) is 11.9. The normalized spacial score (nSPS) is 9.87. The Morgan fingerprint density at radius 1 is 1.53 bits per heavy atom. The van der Waals surface area contributed by atoms with Crippen LogP contribution in [0.5, 0.6) is 5.75 Å². The van der Waals surface area contributed by atoms with Crippen molar-refractivity contribution in [1.82, 2.24) is 0 Å². The highest BCUT2D eigenvalue weighted by Crippen LogP contribution is 2.30. The van der Waals surface area contributed by atoms with Crippen LogP contribution in [0.1, 0.15) is 19.4 Å². The third-order valence-electron chi connectivity index (χ3n) is 1.89. The van der Waals surface area contributed by atoms with Crippen molar-refractivity contribution >= 4 is 23.2 Å². The highest BCUT2D eigenvalue weighted by Gasteiger charge is 2.07. The third kappa shape index (κ3) is 3.13. The fraction of sp³-hybridized carbons (Fsp3) is 0.364. The largest absolute Gasteiger partial charge is 0.492 e. The fourth-order valence-electron chi connectivity index (χ4n) is 1.25. The van der Waals surface area contributed by atoms with Crippen LogP contribution in [0.4, 0.5) is 5.69 Å². The lowest BCUT2D eigenvalue weighted by atomic mass is 10.2. The second-order valence-electron chi connectivity index (χ2n) is 3.21. The van der Waals surface area contributed by atoms with E-state index in [2.05, 4.69) is 5.32 Å². The molecule has 0 aliphatic rings. The van der Waals surface area contributed by atoms with Crippen molar-refractivity contribution in [2.75, 3.05) is 11.9 Å². The predicted molar refractivity (Wildman–Crippen MR) is 61.7 cm³/mol. The van der Waals surface area contributed by atoms with Crippen LogP contribution in [0.25, 0.3) is 0 Å². The van der Waals surface area contributed by atoms with E-state index in [1.54, 1.807) is 6.07 Å². The Morgan fingerprint density at radius 2 is 2.20 bits per heavy atom. The molecular weight excluding hydrogens is 214 g/mol. The predicted octanol–water partition coefficient (Wildman–Crippen LogP) is 3.01. The topological polar surface area (TPSA) is 38.3 Å². The second kappa shape index (κ2) is 5.03. The lowest BCUT2D eigenvalue weighted by Gasteiger charge is -2.11. The van der Waals surface area contributed by atoms with Gasteiger partial charge >= 0.3 is 0 Å². The van der Waals surface area contributed by atoms with Gasteiger partial charge in [0.25, 0.3) is 0 Å². The molecule has 1 aromatic carbocycles. The van der Waals surface area contributed by atoms with Crippen molar-refractivity contribution in [1.29, 1.82) is 0 Å². The van der Waals surface area contributed by atoms with E-state index in [1.165, 1.54) is 6.92 Å². The summed E-state index contributed by atoms with van der Waals surface area (Å²) in [5, 5.41) is 3.21. The number of benzene rings is 1. The molecule has 0 saturated heterocycles. The number of nitrogens with one attached hydrogen (secondary N) is 1. The molecule has 3 nitrogen and oxygen atoms in total. The molecule has 0 heterocycles. The molecule has 1 amide bonds. The van der Waals surface area contributed by atoms with Crippen LogP contribution in [0.15, 0.2) is 12.1 Å². The maximum atomic E-state index is 10.9. The molecule has 0 bridgehead atoms. The minimum atomic E-state index is -0.113. The molecule has 15 heavy (non-hydrogen) atoms. The molecule has 0 atom stereocenters. The molecule has 1 aromatic rings. The zero-order valence-corrected chi connectivity index (χ0v) is 9.81. The average molecular weight is 228 g/mol. The Morgan fingerprint density at radius 3 is 2.73 bits per heavy atom. The summed E-state index contributed by atoms with van der Waals surface area (Å²) in [4.78, 5) is 10.9. The maximum absolute atomic E-state index is 10.9. The first-order valence-corrected chi connectivity index (χ1v) is 5.13. The van der Waals surface area contributed by atoms with Gasteiger partial charge in [-0.25, -0.2) is 0 Å². The van der Waals surface area contributed by atoms with Crippen LogP contribution < -0.4 is 10.1 Å². The summed E-state index contributed by atoms with van der Waals surface area (Å²) in [6.45, 7) is 5.82. The molecule has 0 aliphatic carbocycles. The highest BCUT2D eigenvalue weighted by molar-refractivity contribution is 6.32. The molecule has 0 saturated carbocycles. The second-order valence-corrected chi connectivity index (χ2v) is 3.62. The molecule has 0 unspecified atom stereocenters. The van der Waals surface area contributed by atoms with Crippen molar-refractivity contribution in [3.63, 3.8) is 0 Å². The van der Waals surface area contributed by atoms with Crippen LogP contribution >= 0.6 is 11.6 Å². The van der Waals surface area contributed by atoms with Gasteiger partial charge in [-0.2, -0.15) is 0 Å². The standard InChI is InChI=1S/C11H14ClNO2/c1-4-15-11-5-7(2)10(6-9(11)12)13-8(3)14/h5-6H,4H2,1-3H3,(H,13,14). The SMILES string of the molecule is CCOc1cc(C)c(NC(C)=O)cc1Cl. The van der Waals surface area contributed by atoms with Crippen molar-refractivity contribution in [3.8, 4) is 5.75 Å². The van der Waals surface area contributed by atoms with Crippen LogP contribution in [-0.2, 0) is 4.79 Å². The number of ether oxygens (including phenoxy) is 1. The van der Waals surface area contributed by atoms with E-state index in [4.69, 9.17) is 16.3 Å². The molecule has 0 aliphatic heterocycles. The molecule has 0 radical (unpaired) electrons. The van der Waals surface area contributed by atoms with E-state index in [0.29, 0.717) is 17.4 Å². The van der Waals surface area contributed by atoms with Crippen LogP contribution in [0.3, 0.4) is 0 Å². The molecule has 4 heteroatoms. The van der Waals surface area contributed by atoms with Gasteiger partial charge in [-0.15, -0.1) is 0 Å². The first-order valence-electron chi connectivity index (χ1n) is 4.75. The summed E-state index contributed by atoms with van der Waals surface area (Å²) in [6, 6.07) is 3.51. The minimum absolute atomic E-state index is 0.113. The zero-order chi connectivity index (χ0) is 11.4. The number of anilines is 1. The van der Waals surface area contributed by atoms with E-state index in [9.17, 15) is 4.79 Å². The Labute approximate surface area is 94.4 Å². The van der Waals surface area contributed by atoms with Crippen LogP contribution in [0, 0.1) is 6.92 Å². The number of halogens is 1. The maximum Gasteiger partial charge on any atom is 0.221 e. The number of hydrogen-bond donors (Lipinski definition) is 1. The molecule has 0 fully saturated rings. The van der Waals surface area contributed by atoms with Crippen molar-refractivity contribution in [3.05, 3.63) is 22.7 Å². The monoisotopic (exact) mass is 227 g/mol. The smallest absolute Gasteiger partial charge is 0.221 e. The van der Waals surface area contributed by atoms with Gasteiger partial charge in [0, 0.05) is 12.6 Å². The number of carbonyl (C=O) groups excluding carboxylic acids is 1. The van der Waals surface area contributed by atoms with E-state index < -0.39 is 0 Å². The Balaban J connectivity index is 3.02. The van der Waals surface area contributed by atoms with Crippen LogP contribution in [0.2, 0.25) is 5.02 Å². The summed E-state index contributed by atoms with van der Waals surface area (Å²) in [6.07, 6.45) is 0. The summed E-state index contributed by atoms with van der Waals surface area (Å²) in [5.74, 6) is 0.532. The number of aryl methyl sites for hydroxylation is 1. The first-order chi connectivity index (χ1) is 7.04. The summed E-state index contributed by atoms with van der Waals surface area (Å²) in [7, 11) is 0. The quantitative estimate of drug-likeness (QED) is 0.862. The molecule has 0 aromatic heterocycles. The van der Waals surface area contributed by atoms with E-state index in [-0.39, 0.29) is 5.91 Å². The van der Waals surface area contributed by atoms with Gasteiger partial charge in [0.2, 0.25) is 5.91 Å². The van der Waals surface area contributed by atoms with Gasteiger partial charge in [0.15, 0.2) is 0 Å². The fourth-order valence-corrected chi connectivity index (χ4v) is 1.46. The zero-order valence-electron chi connectivity index (χ0n) is 9.06. The van der Waals surface area contributed by atoms with Gasteiger partial charge in [0.05, 0.1) is 11.6 Å². The van der Waals surface area contributed by atoms with Gasteiger partial charge in [-0.3, -0.25) is 4.79 Å². The Kier molecular flexibility index (Phi) is 3.97. The van der Waals surface area contributed by atoms with Gasteiger partial charge in [0.1, 0.15) is 5.75 Å². The van der Waals surface area contributed by atoms with Crippen molar-refractivity contribution < 1.29 is 9.53 Å². The Hall–Kier alpha value is -1.22. The van der Waals surface area contributed by atoms with Gasteiger partial charge < -0.3 is 10.1 Å². The third-order valence-corrected chi connectivity index (χ3v) is 2.18. The van der Waals surface area contributed by atoms with E-state index in [1.807, 2.05) is 19.9 Å². The molecule has 1 rings (SSSR count). The Bertz CT molecular complexity index is 377. The number of hydrogen-bond acceptors (Lipinski definition) is 2. The van der Waals surface area contributed by atoms with Gasteiger partial charge in [-0.1, -0.05) is 11.6 Å². The van der Waals surface area contributed by atoms with Gasteiger partial charge in [-0.05, 0) is 31.5 Å². The lowest BCUT2D eigenvalue weighted by Crippen LogP contribution is -2.07. The summed E-state index contributed by atoms with van der Waals surface area (Å²) in [5.41, 5.74) is 1.65. The number of rotatable bonds is 3.